The van der Waals surface area contributed by atoms with Crippen LogP contribution in [-0.4, -0.2) is 14.9 Å². The number of rotatable bonds is 3. The Morgan fingerprint density at radius 2 is 1.43 bits per heavy atom. The van der Waals surface area contributed by atoms with Gasteiger partial charge in [-0.3, -0.25) is 0 Å². The average molecular weight is 406 g/mol. The van der Waals surface area contributed by atoms with Crippen molar-refractivity contribution in [3.8, 4) is 28.3 Å². The summed E-state index contributed by atoms with van der Waals surface area (Å²) in [4.78, 5) is 0. The van der Waals surface area contributed by atoms with Gasteiger partial charge in [-0.15, -0.1) is 0 Å². The van der Waals surface area contributed by atoms with Crippen molar-refractivity contribution in [2.45, 2.75) is 0 Å². The summed E-state index contributed by atoms with van der Waals surface area (Å²) in [7, 11) is 0. The molecule has 0 saturated heterocycles. The van der Waals surface area contributed by atoms with Crippen molar-refractivity contribution in [2.75, 3.05) is 0 Å². The number of hydrogen-bond acceptors (Lipinski definition) is 3. The molecule has 0 fully saturated rings. The molecule has 0 unspecified atom stereocenters. The lowest BCUT2D eigenvalue weighted by Gasteiger charge is -2.08. The third-order valence-corrected chi connectivity index (χ3v) is 5.10. The minimum absolute atomic E-state index is 0.681. The predicted octanol–water partition coefficient (Wildman–Crippen LogP) is 6.65. The summed E-state index contributed by atoms with van der Waals surface area (Å²) in [5.74, 6) is 0.714. The summed E-state index contributed by atoms with van der Waals surface area (Å²) in [5.41, 5.74) is 4.64. The van der Waals surface area contributed by atoms with Gasteiger partial charge in [0.05, 0.1) is 23.0 Å². The van der Waals surface area contributed by atoms with Crippen molar-refractivity contribution in [1.82, 2.24) is 14.9 Å². The lowest BCUT2D eigenvalue weighted by atomic mass is 10.0. The Hall–Kier alpha value is -3.08. The first kappa shape index (κ1) is 17.0. The Labute approximate surface area is 170 Å². The van der Waals surface area contributed by atoms with Crippen molar-refractivity contribution in [1.29, 1.82) is 0 Å². The van der Waals surface area contributed by atoms with E-state index in [0.717, 1.165) is 33.4 Å². The zero-order chi connectivity index (χ0) is 19.1. The maximum Gasteiger partial charge on any atom is 0.174 e. The Morgan fingerprint density at radius 3 is 2.18 bits per heavy atom. The summed E-state index contributed by atoms with van der Waals surface area (Å²) in [6.45, 7) is 0. The van der Waals surface area contributed by atoms with E-state index < -0.39 is 0 Å². The monoisotopic (exact) mass is 405 g/mol. The minimum Gasteiger partial charge on any atom is -0.355 e. The first-order valence-electron chi connectivity index (χ1n) is 8.65. The molecule has 6 heteroatoms. The van der Waals surface area contributed by atoms with Gasteiger partial charge in [0.15, 0.2) is 5.76 Å². The molecule has 0 aliphatic carbocycles. The van der Waals surface area contributed by atoms with Gasteiger partial charge in [0.2, 0.25) is 0 Å². The summed E-state index contributed by atoms with van der Waals surface area (Å²) >= 11 is 12.0. The molecular weight excluding hydrogens is 393 g/mol. The molecule has 136 valence electrons. The molecule has 2 aromatic heterocycles. The van der Waals surface area contributed by atoms with Gasteiger partial charge < -0.3 is 4.52 Å². The van der Waals surface area contributed by atoms with Crippen LogP contribution < -0.4 is 0 Å². The van der Waals surface area contributed by atoms with Gasteiger partial charge in [-0.2, -0.15) is 5.10 Å². The Balaban J connectivity index is 1.63. The van der Waals surface area contributed by atoms with Crippen molar-refractivity contribution in [3.63, 3.8) is 0 Å². The van der Waals surface area contributed by atoms with E-state index in [4.69, 9.17) is 27.7 Å². The van der Waals surface area contributed by atoms with Crippen molar-refractivity contribution >= 4 is 34.1 Å². The summed E-state index contributed by atoms with van der Waals surface area (Å²) in [6, 6.07) is 23.1. The molecule has 3 aromatic carbocycles. The molecule has 28 heavy (non-hydrogen) atoms. The topological polar surface area (TPSA) is 43.9 Å². The molecular formula is C22H13Cl2N3O. The highest BCUT2D eigenvalue weighted by Gasteiger charge is 2.14. The van der Waals surface area contributed by atoms with Crippen LogP contribution in [-0.2, 0) is 0 Å². The standard InChI is InChI=1S/C22H13Cl2N3O/c23-16-4-1-14(2-5-16)22-19-13-15(3-10-20(19)26-28-22)21-11-12-25-27(21)18-8-6-17(24)7-9-18/h1-13H. The van der Waals surface area contributed by atoms with Gasteiger partial charge in [0.1, 0.15) is 5.52 Å². The number of aromatic nitrogens is 3. The molecule has 4 nitrogen and oxygen atoms in total. The molecule has 0 spiro atoms. The number of hydrogen-bond donors (Lipinski definition) is 0. The number of benzene rings is 3. The van der Waals surface area contributed by atoms with E-state index in [0.29, 0.717) is 15.8 Å². The van der Waals surface area contributed by atoms with E-state index >= 15 is 0 Å². The van der Waals surface area contributed by atoms with Gasteiger partial charge in [0, 0.05) is 21.2 Å². The van der Waals surface area contributed by atoms with Crippen molar-refractivity contribution in [3.05, 3.63) is 89.0 Å². The van der Waals surface area contributed by atoms with E-state index in [1.54, 1.807) is 6.20 Å². The molecule has 5 rings (SSSR count). The molecule has 0 radical (unpaired) electrons. The zero-order valence-corrected chi connectivity index (χ0v) is 16.0. The molecule has 0 bridgehead atoms. The van der Waals surface area contributed by atoms with Crippen LogP contribution in [0.2, 0.25) is 10.0 Å². The van der Waals surface area contributed by atoms with Crippen LogP contribution in [0.4, 0.5) is 0 Å². The smallest absolute Gasteiger partial charge is 0.174 e. The van der Waals surface area contributed by atoms with Gasteiger partial charge in [-0.1, -0.05) is 34.4 Å². The number of halogens is 2. The van der Waals surface area contributed by atoms with Gasteiger partial charge in [-0.25, -0.2) is 4.68 Å². The van der Waals surface area contributed by atoms with Crippen LogP contribution in [0.15, 0.2) is 83.5 Å². The van der Waals surface area contributed by atoms with Crippen molar-refractivity contribution in [2.24, 2.45) is 0 Å². The molecule has 0 N–H and O–H groups in total. The Morgan fingerprint density at radius 1 is 0.750 bits per heavy atom. The highest BCUT2D eigenvalue weighted by atomic mass is 35.5. The van der Waals surface area contributed by atoms with Crippen LogP contribution >= 0.6 is 23.2 Å². The predicted molar refractivity (Wildman–Crippen MR) is 112 cm³/mol. The van der Waals surface area contributed by atoms with Crippen LogP contribution in [0.3, 0.4) is 0 Å². The second kappa shape index (κ2) is 6.82. The highest BCUT2D eigenvalue weighted by Crippen LogP contribution is 2.33. The van der Waals surface area contributed by atoms with E-state index in [1.165, 1.54) is 0 Å². The number of nitrogens with zero attached hydrogens (tertiary/aromatic N) is 3. The third-order valence-electron chi connectivity index (χ3n) is 4.59. The van der Waals surface area contributed by atoms with Crippen LogP contribution in [0.1, 0.15) is 0 Å². The summed E-state index contributed by atoms with van der Waals surface area (Å²) in [6.07, 6.45) is 1.78. The van der Waals surface area contributed by atoms with Gasteiger partial charge >= 0.3 is 0 Å². The number of fused-ring (bicyclic) bond motifs is 1. The maximum absolute atomic E-state index is 6.01. The van der Waals surface area contributed by atoms with E-state index in [1.807, 2.05) is 71.4 Å². The first-order chi connectivity index (χ1) is 13.7. The van der Waals surface area contributed by atoms with Gasteiger partial charge in [-0.05, 0) is 66.7 Å². The molecule has 0 atom stereocenters. The fraction of sp³-hybridized carbons (Fsp3) is 0. The second-order valence-corrected chi connectivity index (χ2v) is 7.23. The minimum atomic E-state index is 0.681. The molecule has 2 heterocycles. The zero-order valence-electron chi connectivity index (χ0n) is 14.5. The van der Waals surface area contributed by atoms with Gasteiger partial charge in [0.25, 0.3) is 0 Å². The molecule has 5 aromatic rings. The second-order valence-electron chi connectivity index (χ2n) is 6.36. The molecule has 0 aliphatic rings. The van der Waals surface area contributed by atoms with E-state index in [2.05, 4.69) is 16.3 Å². The summed E-state index contributed by atoms with van der Waals surface area (Å²) < 4.78 is 7.49. The highest BCUT2D eigenvalue weighted by molar-refractivity contribution is 6.30. The fourth-order valence-corrected chi connectivity index (χ4v) is 3.47. The first-order valence-corrected chi connectivity index (χ1v) is 9.40. The maximum atomic E-state index is 6.01. The fourth-order valence-electron chi connectivity index (χ4n) is 3.22. The lowest BCUT2D eigenvalue weighted by molar-refractivity contribution is 0.441. The average Bonchev–Trinajstić information content (AvgIpc) is 3.36. The van der Waals surface area contributed by atoms with Crippen LogP contribution in [0.25, 0.3) is 39.2 Å². The largest absolute Gasteiger partial charge is 0.355 e. The normalized spacial score (nSPS) is 11.2. The lowest BCUT2D eigenvalue weighted by Crippen LogP contribution is -1.98. The Kier molecular flexibility index (Phi) is 4.15. The Bertz CT molecular complexity index is 1270. The van der Waals surface area contributed by atoms with Crippen molar-refractivity contribution < 1.29 is 4.52 Å². The van der Waals surface area contributed by atoms with E-state index in [-0.39, 0.29) is 0 Å². The summed E-state index contributed by atoms with van der Waals surface area (Å²) in [5, 5.41) is 11.0. The quantitative estimate of drug-likeness (QED) is 0.337. The molecule has 0 saturated carbocycles. The molecule has 0 aliphatic heterocycles. The van der Waals surface area contributed by atoms with Crippen LogP contribution in [0.5, 0.6) is 0 Å². The van der Waals surface area contributed by atoms with Crippen LogP contribution in [0, 0.1) is 0 Å². The SMILES string of the molecule is Clc1ccc(-c2onc3ccc(-c4ccnn4-c4ccc(Cl)cc4)cc23)cc1. The van der Waals surface area contributed by atoms with E-state index in [9.17, 15) is 0 Å². The molecule has 0 amide bonds. The third kappa shape index (κ3) is 2.97.